The third-order valence-electron chi connectivity index (χ3n) is 2.23. The largest absolute Gasteiger partial charge is 0.460 e. The molecule has 0 unspecified atom stereocenters. The Kier molecular flexibility index (Phi) is 6.84. The molecule has 0 aliphatic rings. The van der Waals surface area contributed by atoms with E-state index in [1.165, 1.54) is 0 Å². The van der Waals surface area contributed by atoms with Crippen molar-refractivity contribution in [3.05, 3.63) is 0 Å². The van der Waals surface area contributed by atoms with E-state index < -0.39 is 45.2 Å². The fourth-order valence-corrected chi connectivity index (χ4v) is 1.37. The fourth-order valence-electron chi connectivity index (χ4n) is 0.917. The molecule has 18 heteroatoms. The Hall–Kier alpha value is -0.0649. The van der Waals surface area contributed by atoms with Crippen LogP contribution in [0.2, 0.25) is 0 Å². The van der Waals surface area contributed by atoms with Gasteiger partial charge in [0.05, 0.1) is 0 Å². The average Bonchev–Trinajstić information content (AvgIpc) is 2.24. The van der Waals surface area contributed by atoms with Gasteiger partial charge < -0.3 is 0 Å². The van der Waals surface area contributed by atoms with Gasteiger partial charge in [-0.3, -0.25) is 4.55 Å². The van der Waals surface area contributed by atoms with Crippen LogP contribution in [0.25, 0.3) is 0 Å². The van der Waals surface area contributed by atoms with E-state index in [9.17, 15) is 65.5 Å². The topological polar surface area (TPSA) is 54.4 Å². The molecule has 0 saturated heterocycles. The predicted octanol–water partition coefficient (Wildman–Crippen LogP) is 3.57. The predicted molar refractivity (Wildman–Crippen MR) is 42.3 cm³/mol. The average molecular weight is 601 g/mol. The third kappa shape index (κ3) is 3.30. The molecule has 0 bridgehead atoms. The maximum absolute atomic E-state index is 12.7. The fraction of sp³-hybridized carbons (Fsp3) is 1.00. The number of hydrogen-bond donors (Lipinski definition) is 1. The molecular formula is C6HF13HgO3S. The summed E-state index contributed by atoms with van der Waals surface area (Å²) in [5.74, 6) is -32.5. The Morgan fingerprint density at radius 1 is 0.542 bits per heavy atom. The van der Waals surface area contributed by atoms with E-state index in [1.54, 1.807) is 0 Å². The molecule has 24 heavy (non-hydrogen) atoms. The van der Waals surface area contributed by atoms with Crippen LogP contribution < -0.4 is 0 Å². The Labute approximate surface area is 143 Å². The van der Waals surface area contributed by atoms with Gasteiger partial charge in [-0.2, -0.15) is 65.5 Å². The summed E-state index contributed by atoms with van der Waals surface area (Å²) in [4.78, 5) is 0. The SMILES string of the molecule is O=S(=O)(O)C(F)(F)C(F)(F)C(F)(F)C(F)(F)C(F)(F)C(F)(F)F.[Hg]. The molecule has 0 radical (unpaired) electrons. The summed E-state index contributed by atoms with van der Waals surface area (Å²) < 4.78 is 188. The van der Waals surface area contributed by atoms with Crippen molar-refractivity contribution in [3.63, 3.8) is 0 Å². The van der Waals surface area contributed by atoms with Crippen molar-refractivity contribution < 1.29 is 97.7 Å². The second-order valence-corrected chi connectivity index (χ2v) is 5.25. The number of alkyl halides is 13. The summed E-state index contributed by atoms with van der Waals surface area (Å²) in [6.07, 6.45) is -7.59. The zero-order chi connectivity index (χ0) is 19.5. The Morgan fingerprint density at radius 3 is 1.00 bits per heavy atom. The van der Waals surface area contributed by atoms with Gasteiger partial charge in [-0.25, -0.2) is 0 Å². The van der Waals surface area contributed by atoms with Crippen molar-refractivity contribution in [2.45, 2.75) is 35.1 Å². The molecule has 1 N–H and O–H groups in total. The van der Waals surface area contributed by atoms with Gasteiger partial charge in [0, 0.05) is 27.7 Å². The smallest absolute Gasteiger partial charge is 0.281 e. The summed E-state index contributed by atoms with van der Waals surface area (Å²) in [5, 5.41) is -7.52. The van der Waals surface area contributed by atoms with Crippen LogP contribution >= 0.6 is 0 Å². The maximum atomic E-state index is 12.7. The van der Waals surface area contributed by atoms with Gasteiger partial charge in [0.25, 0.3) is 0 Å². The molecular weight excluding hydrogens is 600 g/mol. The van der Waals surface area contributed by atoms with Crippen molar-refractivity contribution in [2.75, 3.05) is 0 Å². The van der Waals surface area contributed by atoms with Crippen LogP contribution in [0, 0.1) is 0 Å². The van der Waals surface area contributed by atoms with E-state index in [4.69, 9.17) is 4.55 Å². The molecule has 0 fully saturated rings. The second kappa shape index (κ2) is 6.28. The second-order valence-electron chi connectivity index (χ2n) is 3.79. The minimum atomic E-state index is -8.25. The van der Waals surface area contributed by atoms with Crippen LogP contribution in [0.4, 0.5) is 57.1 Å². The first-order valence-electron chi connectivity index (χ1n) is 4.43. The number of hydrogen-bond acceptors (Lipinski definition) is 2. The molecule has 0 aliphatic carbocycles. The van der Waals surface area contributed by atoms with Crippen LogP contribution in [-0.2, 0) is 37.8 Å². The maximum Gasteiger partial charge on any atom is 0.460 e. The molecule has 0 rings (SSSR count). The zero-order valence-electron chi connectivity index (χ0n) is 10.3. The van der Waals surface area contributed by atoms with E-state index in [-0.39, 0.29) is 27.7 Å². The molecule has 0 saturated carbocycles. The summed E-state index contributed by atoms with van der Waals surface area (Å²) in [7, 11) is -7.61. The van der Waals surface area contributed by atoms with Crippen molar-refractivity contribution in [1.82, 2.24) is 0 Å². The summed E-state index contributed by atoms with van der Waals surface area (Å²) >= 11 is 0. The quantitative estimate of drug-likeness (QED) is 0.299. The first-order chi connectivity index (χ1) is 9.50. The molecule has 0 amide bonds. The van der Waals surface area contributed by atoms with E-state index in [0.29, 0.717) is 0 Å². The van der Waals surface area contributed by atoms with E-state index >= 15 is 0 Å². The normalized spacial score (nSPS) is 15.9. The van der Waals surface area contributed by atoms with Crippen LogP contribution in [0.15, 0.2) is 0 Å². The molecule has 0 aliphatic heterocycles. The standard InChI is InChI=1S/C6HF13O3S.Hg/c7-1(8,3(11,12)5(15,16)17)2(9,10)4(13,14)6(18,19)23(20,21)22;/h(H,20,21,22);. The van der Waals surface area contributed by atoms with Gasteiger partial charge in [-0.1, -0.05) is 0 Å². The van der Waals surface area contributed by atoms with E-state index in [0.717, 1.165) is 0 Å². The molecule has 142 valence electrons. The molecule has 3 nitrogen and oxygen atoms in total. The van der Waals surface area contributed by atoms with Gasteiger partial charge in [0.2, 0.25) is 0 Å². The Balaban J connectivity index is 0. The Bertz CT molecular complexity index is 565. The van der Waals surface area contributed by atoms with Gasteiger partial charge in [0.15, 0.2) is 0 Å². The number of rotatable bonds is 5. The monoisotopic (exact) mass is 602 g/mol. The Morgan fingerprint density at radius 2 is 0.792 bits per heavy atom. The van der Waals surface area contributed by atoms with E-state index in [2.05, 4.69) is 0 Å². The van der Waals surface area contributed by atoms with Crippen molar-refractivity contribution in [3.8, 4) is 0 Å². The minimum Gasteiger partial charge on any atom is -0.281 e. The summed E-state index contributed by atoms with van der Waals surface area (Å²) in [6, 6.07) is 0. The van der Waals surface area contributed by atoms with Crippen LogP contribution in [-0.4, -0.2) is 48.1 Å². The first kappa shape index (κ1) is 26.2. The first-order valence-corrected chi connectivity index (χ1v) is 5.87. The van der Waals surface area contributed by atoms with E-state index in [1.807, 2.05) is 0 Å². The van der Waals surface area contributed by atoms with Crippen LogP contribution in [0.5, 0.6) is 0 Å². The van der Waals surface area contributed by atoms with Gasteiger partial charge in [-0.05, 0) is 0 Å². The van der Waals surface area contributed by atoms with Gasteiger partial charge in [0.1, 0.15) is 0 Å². The zero-order valence-corrected chi connectivity index (χ0v) is 16.6. The van der Waals surface area contributed by atoms with Crippen LogP contribution in [0.3, 0.4) is 0 Å². The number of halogens is 13. The van der Waals surface area contributed by atoms with Crippen molar-refractivity contribution in [1.29, 1.82) is 0 Å². The molecule has 0 heterocycles. The molecule has 0 aromatic carbocycles. The van der Waals surface area contributed by atoms with Crippen molar-refractivity contribution >= 4 is 10.1 Å². The molecule has 0 aromatic heterocycles. The van der Waals surface area contributed by atoms with Crippen molar-refractivity contribution in [2.24, 2.45) is 0 Å². The third-order valence-corrected chi connectivity index (χ3v) is 3.13. The molecule has 0 atom stereocenters. The minimum absolute atomic E-state index is 0. The van der Waals surface area contributed by atoms with Crippen LogP contribution in [0.1, 0.15) is 0 Å². The van der Waals surface area contributed by atoms with Gasteiger partial charge >= 0.3 is 45.2 Å². The summed E-state index contributed by atoms with van der Waals surface area (Å²) in [6.45, 7) is 0. The van der Waals surface area contributed by atoms with Gasteiger partial charge in [-0.15, -0.1) is 0 Å². The molecule has 0 spiro atoms. The molecule has 0 aromatic rings. The summed E-state index contributed by atoms with van der Waals surface area (Å²) in [5.41, 5.74) is 0.